The molecule has 0 atom stereocenters. The van der Waals surface area contributed by atoms with Crippen molar-refractivity contribution in [3.63, 3.8) is 0 Å². The maximum absolute atomic E-state index is 13.1. The molecule has 1 N–H and O–H groups in total. The summed E-state index contributed by atoms with van der Waals surface area (Å²) in [5, 5.41) is 11.7. The van der Waals surface area contributed by atoms with Gasteiger partial charge in [0, 0.05) is 24.0 Å². The summed E-state index contributed by atoms with van der Waals surface area (Å²) < 4.78 is 7.14. The lowest BCUT2D eigenvalue weighted by atomic mass is 10.0. The molecule has 0 aliphatic carbocycles. The van der Waals surface area contributed by atoms with Crippen LogP contribution in [0.5, 0.6) is 5.75 Å². The molecule has 0 unspecified atom stereocenters. The van der Waals surface area contributed by atoms with Crippen molar-refractivity contribution in [2.24, 2.45) is 0 Å². The molecule has 0 spiro atoms. The zero-order valence-electron chi connectivity index (χ0n) is 16.6. The van der Waals surface area contributed by atoms with Crippen LogP contribution >= 0.6 is 0 Å². The summed E-state index contributed by atoms with van der Waals surface area (Å²) in [5.74, 6) is 0.433. The number of benzene rings is 1. The molecule has 3 aromatic rings. The molecular formula is C21H24N6O2. The quantitative estimate of drug-likeness (QED) is 0.716. The Labute approximate surface area is 169 Å². The number of pyridine rings is 1. The second kappa shape index (κ2) is 8.40. The van der Waals surface area contributed by atoms with Crippen molar-refractivity contribution in [2.75, 3.05) is 27.2 Å². The first-order valence-corrected chi connectivity index (χ1v) is 9.66. The van der Waals surface area contributed by atoms with Crippen LogP contribution in [0.25, 0.3) is 16.9 Å². The van der Waals surface area contributed by atoms with Crippen LogP contribution in [-0.4, -0.2) is 64.1 Å². The summed E-state index contributed by atoms with van der Waals surface area (Å²) >= 11 is 0. The fraction of sp³-hybridized carbons (Fsp3) is 0.333. The van der Waals surface area contributed by atoms with Gasteiger partial charge in [-0.05, 0) is 57.2 Å². The molecule has 0 saturated carbocycles. The molecule has 8 nitrogen and oxygen atoms in total. The van der Waals surface area contributed by atoms with Crippen LogP contribution < -0.4 is 10.1 Å². The van der Waals surface area contributed by atoms with Gasteiger partial charge in [0.1, 0.15) is 17.1 Å². The number of hydrogen-bond donors (Lipinski definition) is 1. The molecule has 4 rings (SSSR count). The highest BCUT2D eigenvalue weighted by molar-refractivity contribution is 5.98. The molecule has 1 amide bonds. The van der Waals surface area contributed by atoms with Gasteiger partial charge in [0.05, 0.1) is 7.11 Å². The van der Waals surface area contributed by atoms with Crippen LogP contribution in [-0.2, 0) is 0 Å². The lowest BCUT2D eigenvalue weighted by Gasteiger charge is -2.29. The number of nitrogens with one attached hydrogen (secondary N) is 1. The number of para-hydroxylation sites is 2. The van der Waals surface area contributed by atoms with Crippen molar-refractivity contribution < 1.29 is 9.53 Å². The highest BCUT2D eigenvalue weighted by Gasteiger charge is 2.26. The predicted molar refractivity (Wildman–Crippen MR) is 109 cm³/mol. The molecule has 3 heterocycles. The van der Waals surface area contributed by atoms with Crippen molar-refractivity contribution >= 4 is 5.91 Å². The molecule has 29 heavy (non-hydrogen) atoms. The van der Waals surface area contributed by atoms with Crippen LogP contribution in [0.2, 0.25) is 0 Å². The van der Waals surface area contributed by atoms with E-state index in [1.54, 1.807) is 24.2 Å². The Morgan fingerprint density at radius 2 is 1.86 bits per heavy atom. The topological polar surface area (TPSA) is 85.2 Å². The number of aromatic nitrogens is 4. The molecule has 0 radical (unpaired) electrons. The Kier molecular flexibility index (Phi) is 5.53. The van der Waals surface area contributed by atoms with Crippen molar-refractivity contribution in [1.29, 1.82) is 0 Å². The number of rotatable bonds is 5. The van der Waals surface area contributed by atoms with Gasteiger partial charge in [-0.3, -0.25) is 9.78 Å². The van der Waals surface area contributed by atoms with E-state index in [1.807, 2.05) is 36.4 Å². The largest absolute Gasteiger partial charge is 0.494 e. The third-order valence-electron chi connectivity index (χ3n) is 5.21. The van der Waals surface area contributed by atoms with E-state index in [4.69, 9.17) is 4.74 Å². The summed E-state index contributed by atoms with van der Waals surface area (Å²) in [5.41, 5.74) is 2.43. The average Bonchev–Trinajstić information content (AvgIpc) is 3.21. The van der Waals surface area contributed by atoms with E-state index in [0.29, 0.717) is 22.8 Å². The second-order valence-corrected chi connectivity index (χ2v) is 7.16. The molecule has 1 aliphatic rings. The fourth-order valence-corrected chi connectivity index (χ4v) is 3.58. The minimum atomic E-state index is -0.215. The summed E-state index contributed by atoms with van der Waals surface area (Å²) in [6.45, 7) is 1.94. The number of carbonyl (C=O) groups excluding carboxylic acids is 1. The van der Waals surface area contributed by atoms with E-state index in [2.05, 4.69) is 32.6 Å². The average molecular weight is 392 g/mol. The van der Waals surface area contributed by atoms with Crippen molar-refractivity contribution in [3.05, 3.63) is 54.5 Å². The van der Waals surface area contributed by atoms with Gasteiger partial charge in [0.2, 0.25) is 0 Å². The molecule has 150 valence electrons. The minimum Gasteiger partial charge on any atom is -0.494 e. The van der Waals surface area contributed by atoms with Gasteiger partial charge in [-0.1, -0.05) is 17.3 Å². The monoisotopic (exact) mass is 392 g/mol. The predicted octanol–water partition coefficient (Wildman–Crippen LogP) is 2.16. The molecular weight excluding hydrogens is 368 g/mol. The Morgan fingerprint density at radius 1 is 1.14 bits per heavy atom. The molecule has 1 saturated heterocycles. The van der Waals surface area contributed by atoms with Crippen LogP contribution in [0.3, 0.4) is 0 Å². The normalized spacial score (nSPS) is 15.2. The third kappa shape index (κ3) is 3.97. The van der Waals surface area contributed by atoms with Gasteiger partial charge in [-0.2, -0.15) is 0 Å². The highest BCUT2D eigenvalue weighted by atomic mass is 16.5. The van der Waals surface area contributed by atoms with E-state index in [9.17, 15) is 4.79 Å². The summed E-state index contributed by atoms with van der Waals surface area (Å²) in [4.78, 5) is 19.5. The van der Waals surface area contributed by atoms with Gasteiger partial charge >= 0.3 is 0 Å². The van der Waals surface area contributed by atoms with E-state index in [-0.39, 0.29) is 11.9 Å². The van der Waals surface area contributed by atoms with Gasteiger partial charge in [0.25, 0.3) is 5.91 Å². The second-order valence-electron chi connectivity index (χ2n) is 7.16. The van der Waals surface area contributed by atoms with Gasteiger partial charge in [-0.25, -0.2) is 4.68 Å². The van der Waals surface area contributed by atoms with Crippen LogP contribution in [0, 0.1) is 0 Å². The van der Waals surface area contributed by atoms with Gasteiger partial charge in [0.15, 0.2) is 5.69 Å². The van der Waals surface area contributed by atoms with Crippen molar-refractivity contribution in [3.8, 4) is 22.7 Å². The Bertz CT molecular complexity index is 980. The SMILES string of the molecule is COc1ccccc1-n1nnc(C(=O)NC2CCN(C)CC2)c1-c1ccncc1. The van der Waals surface area contributed by atoms with Crippen molar-refractivity contribution in [2.45, 2.75) is 18.9 Å². The van der Waals surface area contributed by atoms with Crippen LogP contribution in [0.15, 0.2) is 48.8 Å². The van der Waals surface area contributed by atoms with E-state index in [0.717, 1.165) is 31.5 Å². The molecule has 2 aromatic heterocycles. The summed E-state index contributed by atoms with van der Waals surface area (Å²) in [6.07, 6.45) is 5.22. The van der Waals surface area contributed by atoms with Crippen molar-refractivity contribution in [1.82, 2.24) is 30.2 Å². The van der Waals surface area contributed by atoms with E-state index in [1.165, 1.54) is 0 Å². The highest BCUT2D eigenvalue weighted by Crippen LogP contribution is 2.29. The first-order chi connectivity index (χ1) is 14.2. The maximum Gasteiger partial charge on any atom is 0.274 e. The number of hydrogen-bond acceptors (Lipinski definition) is 6. The zero-order valence-corrected chi connectivity index (χ0v) is 16.6. The number of nitrogens with zero attached hydrogens (tertiary/aromatic N) is 5. The third-order valence-corrected chi connectivity index (χ3v) is 5.21. The minimum absolute atomic E-state index is 0.139. The number of ether oxygens (including phenoxy) is 1. The van der Waals surface area contributed by atoms with Crippen LogP contribution in [0.4, 0.5) is 0 Å². The first-order valence-electron chi connectivity index (χ1n) is 9.66. The molecule has 1 fully saturated rings. The van der Waals surface area contributed by atoms with E-state index < -0.39 is 0 Å². The standard InChI is InChI=1S/C21H24N6O2/c1-26-13-9-16(10-14-26)23-21(28)19-20(15-7-11-22-12-8-15)27(25-24-19)17-5-3-4-6-18(17)29-2/h3-8,11-12,16H,9-10,13-14H2,1-2H3,(H,23,28). The Morgan fingerprint density at radius 3 is 2.59 bits per heavy atom. The number of amides is 1. The fourth-order valence-electron chi connectivity index (χ4n) is 3.58. The van der Waals surface area contributed by atoms with Crippen LogP contribution in [0.1, 0.15) is 23.3 Å². The smallest absolute Gasteiger partial charge is 0.274 e. The first kappa shape index (κ1) is 19.1. The molecule has 1 aliphatic heterocycles. The zero-order chi connectivity index (χ0) is 20.2. The van der Waals surface area contributed by atoms with Gasteiger partial charge < -0.3 is 15.0 Å². The number of likely N-dealkylation sites (tertiary alicyclic amines) is 1. The molecule has 1 aromatic carbocycles. The number of carbonyl (C=O) groups is 1. The lowest BCUT2D eigenvalue weighted by Crippen LogP contribution is -2.43. The van der Waals surface area contributed by atoms with E-state index >= 15 is 0 Å². The number of piperidine rings is 1. The maximum atomic E-state index is 13.1. The molecule has 8 heteroatoms. The van der Waals surface area contributed by atoms with Gasteiger partial charge in [-0.15, -0.1) is 5.10 Å². The lowest BCUT2D eigenvalue weighted by molar-refractivity contribution is 0.0912. The Balaban J connectivity index is 1.73. The Hall–Kier alpha value is -3.26. The molecule has 0 bridgehead atoms. The summed E-state index contributed by atoms with van der Waals surface area (Å²) in [7, 11) is 3.70. The summed E-state index contributed by atoms with van der Waals surface area (Å²) in [6, 6.07) is 11.4. The number of methoxy groups -OCH3 is 1.